The van der Waals surface area contributed by atoms with Crippen LogP contribution in [-0.4, -0.2) is 12.0 Å². The van der Waals surface area contributed by atoms with E-state index < -0.39 is 0 Å². The first kappa shape index (κ1) is 17.0. The third-order valence-corrected chi connectivity index (χ3v) is 5.76. The van der Waals surface area contributed by atoms with Crippen LogP contribution in [0.1, 0.15) is 36.3 Å². The van der Waals surface area contributed by atoms with Crippen LogP contribution in [0, 0.1) is 0 Å². The van der Waals surface area contributed by atoms with Gasteiger partial charge in [-0.05, 0) is 31.3 Å². The van der Waals surface area contributed by atoms with Crippen molar-refractivity contribution in [1.82, 2.24) is 10.3 Å². The standard InChI is InChI=1S/C16H21BrN2S2/c1-16(2,3)15-13(9-18-4)21-14(19-15)10-20-12-7-5-11(17)6-8-12/h5-8,18H,9-10H2,1-4H3. The van der Waals surface area contributed by atoms with Gasteiger partial charge in [0.2, 0.25) is 0 Å². The van der Waals surface area contributed by atoms with Gasteiger partial charge in [-0.1, -0.05) is 36.7 Å². The number of benzene rings is 1. The van der Waals surface area contributed by atoms with Gasteiger partial charge in [0.1, 0.15) is 5.01 Å². The van der Waals surface area contributed by atoms with Gasteiger partial charge >= 0.3 is 0 Å². The van der Waals surface area contributed by atoms with Crippen LogP contribution in [0.2, 0.25) is 0 Å². The zero-order valence-electron chi connectivity index (χ0n) is 12.9. The maximum absolute atomic E-state index is 4.88. The van der Waals surface area contributed by atoms with Crippen molar-refractivity contribution < 1.29 is 0 Å². The summed E-state index contributed by atoms with van der Waals surface area (Å²) in [7, 11) is 1.99. The maximum Gasteiger partial charge on any atom is 0.103 e. The Morgan fingerprint density at radius 2 is 1.90 bits per heavy atom. The van der Waals surface area contributed by atoms with Gasteiger partial charge in [0.25, 0.3) is 0 Å². The normalized spacial score (nSPS) is 11.9. The fraction of sp³-hybridized carbons (Fsp3) is 0.438. The van der Waals surface area contributed by atoms with Crippen LogP contribution in [0.15, 0.2) is 33.6 Å². The van der Waals surface area contributed by atoms with Crippen LogP contribution < -0.4 is 5.32 Å². The van der Waals surface area contributed by atoms with Crippen molar-refractivity contribution in [2.45, 2.75) is 43.4 Å². The molecule has 0 spiro atoms. The average molecular weight is 385 g/mol. The van der Waals surface area contributed by atoms with Gasteiger partial charge in [0.05, 0.1) is 11.4 Å². The van der Waals surface area contributed by atoms with Crippen molar-refractivity contribution in [2.24, 2.45) is 0 Å². The Labute approximate surface area is 143 Å². The highest BCUT2D eigenvalue weighted by Crippen LogP contribution is 2.32. The van der Waals surface area contributed by atoms with Crippen LogP contribution in [0.25, 0.3) is 0 Å². The second-order valence-electron chi connectivity index (χ2n) is 5.90. The first-order valence-electron chi connectivity index (χ1n) is 6.92. The zero-order chi connectivity index (χ0) is 15.5. The molecule has 0 aliphatic heterocycles. The molecule has 1 N–H and O–H groups in total. The van der Waals surface area contributed by atoms with Crippen molar-refractivity contribution in [3.8, 4) is 0 Å². The zero-order valence-corrected chi connectivity index (χ0v) is 16.1. The molecule has 0 amide bonds. The van der Waals surface area contributed by atoms with E-state index in [9.17, 15) is 0 Å². The number of halogens is 1. The Kier molecular flexibility index (Phi) is 5.88. The molecule has 0 unspecified atom stereocenters. The summed E-state index contributed by atoms with van der Waals surface area (Å²) in [6.07, 6.45) is 0. The van der Waals surface area contributed by atoms with E-state index in [0.717, 1.165) is 16.8 Å². The Bertz CT molecular complexity index is 585. The first-order chi connectivity index (χ1) is 9.90. The molecule has 0 aliphatic rings. The van der Waals surface area contributed by atoms with Crippen molar-refractivity contribution in [2.75, 3.05) is 7.05 Å². The predicted octanol–water partition coefficient (Wildman–Crippen LogP) is 5.21. The average Bonchev–Trinajstić information content (AvgIpc) is 2.82. The molecule has 5 heteroatoms. The van der Waals surface area contributed by atoms with Crippen LogP contribution in [-0.2, 0) is 17.7 Å². The van der Waals surface area contributed by atoms with Crippen molar-refractivity contribution in [3.05, 3.63) is 44.3 Å². The van der Waals surface area contributed by atoms with Gasteiger partial charge in [-0.3, -0.25) is 0 Å². The van der Waals surface area contributed by atoms with Gasteiger partial charge in [-0.15, -0.1) is 23.1 Å². The van der Waals surface area contributed by atoms with Gasteiger partial charge in [0, 0.05) is 26.2 Å². The molecule has 0 saturated heterocycles. The molecule has 114 valence electrons. The van der Waals surface area contributed by atoms with Gasteiger partial charge in [-0.2, -0.15) is 0 Å². The maximum atomic E-state index is 4.88. The van der Waals surface area contributed by atoms with Crippen LogP contribution in [0.5, 0.6) is 0 Å². The fourth-order valence-corrected chi connectivity index (χ4v) is 4.45. The van der Waals surface area contributed by atoms with Gasteiger partial charge in [0.15, 0.2) is 0 Å². The molecule has 0 atom stereocenters. The van der Waals surface area contributed by atoms with E-state index in [4.69, 9.17) is 4.98 Å². The Hall–Kier alpha value is -0.360. The molecule has 1 aromatic carbocycles. The molecule has 1 heterocycles. The minimum absolute atomic E-state index is 0.100. The lowest BCUT2D eigenvalue weighted by Gasteiger charge is -2.17. The Morgan fingerprint density at radius 3 is 2.48 bits per heavy atom. The molecule has 0 radical (unpaired) electrons. The highest BCUT2D eigenvalue weighted by Gasteiger charge is 2.22. The summed E-state index contributed by atoms with van der Waals surface area (Å²) in [4.78, 5) is 7.52. The molecule has 2 aromatic rings. The van der Waals surface area contributed by atoms with E-state index in [-0.39, 0.29) is 5.41 Å². The molecule has 0 fully saturated rings. The molecule has 2 nitrogen and oxygen atoms in total. The van der Waals surface area contributed by atoms with Crippen molar-refractivity contribution in [1.29, 1.82) is 0 Å². The molecule has 1 aromatic heterocycles. The van der Waals surface area contributed by atoms with Crippen LogP contribution in [0.3, 0.4) is 0 Å². The SMILES string of the molecule is CNCc1sc(CSc2ccc(Br)cc2)nc1C(C)(C)C. The number of nitrogens with zero attached hydrogens (tertiary/aromatic N) is 1. The summed E-state index contributed by atoms with van der Waals surface area (Å²) < 4.78 is 1.12. The van der Waals surface area contributed by atoms with E-state index >= 15 is 0 Å². The van der Waals surface area contributed by atoms with Gasteiger partial charge in [-0.25, -0.2) is 4.98 Å². The summed E-state index contributed by atoms with van der Waals surface area (Å²) in [5, 5.41) is 4.45. The fourth-order valence-electron chi connectivity index (χ4n) is 2.00. The number of hydrogen-bond donors (Lipinski definition) is 1. The lowest BCUT2D eigenvalue weighted by molar-refractivity contribution is 0.562. The van der Waals surface area contributed by atoms with E-state index in [1.54, 1.807) is 0 Å². The van der Waals surface area contributed by atoms with Crippen LogP contribution >= 0.6 is 39.0 Å². The monoisotopic (exact) mass is 384 g/mol. The largest absolute Gasteiger partial charge is 0.315 e. The second-order valence-corrected chi connectivity index (χ2v) is 9.03. The molecule has 0 saturated carbocycles. The van der Waals surface area contributed by atoms with Crippen molar-refractivity contribution >= 4 is 39.0 Å². The molecule has 0 aliphatic carbocycles. The number of rotatable bonds is 5. The second kappa shape index (κ2) is 7.27. The minimum atomic E-state index is 0.100. The quantitative estimate of drug-likeness (QED) is 0.715. The third kappa shape index (κ3) is 4.81. The molecule has 0 bridgehead atoms. The number of hydrogen-bond acceptors (Lipinski definition) is 4. The number of nitrogens with one attached hydrogen (secondary N) is 1. The summed E-state index contributed by atoms with van der Waals surface area (Å²) in [6.45, 7) is 7.58. The Balaban J connectivity index is 2.11. The molecule has 21 heavy (non-hydrogen) atoms. The van der Waals surface area contributed by atoms with Gasteiger partial charge < -0.3 is 5.32 Å². The smallest absolute Gasteiger partial charge is 0.103 e. The lowest BCUT2D eigenvalue weighted by atomic mass is 9.91. The highest BCUT2D eigenvalue weighted by molar-refractivity contribution is 9.10. The van der Waals surface area contributed by atoms with Crippen LogP contribution in [0.4, 0.5) is 0 Å². The number of thiazole rings is 1. The first-order valence-corrected chi connectivity index (χ1v) is 9.51. The van der Waals surface area contributed by atoms with Crippen molar-refractivity contribution in [3.63, 3.8) is 0 Å². The topological polar surface area (TPSA) is 24.9 Å². The summed E-state index contributed by atoms with van der Waals surface area (Å²) in [5.41, 5.74) is 1.33. The molecular weight excluding hydrogens is 364 g/mol. The summed E-state index contributed by atoms with van der Waals surface area (Å²) in [5.74, 6) is 0.930. The highest BCUT2D eigenvalue weighted by atomic mass is 79.9. The van der Waals surface area contributed by atoms with E-state index in [0.29, 0.717) is 0 Å². The summed E-state index contributed by atoms with van der Waals surface area (Å²) in [6, 6.07) is 8.44. The number of thioether (sulfide) groups is 1. The summed E-state index contributed by atoms with van der Waals surface area (Å²) >= 11 is 7.14. The Morgan fingerprint density at radius 1 is 1.24 bits per heavy atom. The third-order valence-electron chi connectivity index (χ3n) is 2.97. The lowest BCUT2D eigenvalue weighted by Crippen LogP contribution is -2.16. The van der Waals surface area contributed by atoms with E-state index in [1.165, 1.54) is 20.5 Å². The van der Waals surface area contributed by atoms with E-state index in [2.05, 4.69) is 66.3 Å². The minimum Gasteiger partial charge on any atom is -0.315 e. The number of aromatic nitrogens is 1. The molecular formula is C16H21BrN2S2. The molecule has 2 rings (SSSR count). The van der Waals surface area contributed by atoms with E-state index in [1.807, 2.05) is 30.1 Å². The predicted molar refractivity (Wildman–Crippen MR) is 97.3 cm³/mol.